The average molecular weight is 309 g/mol. The zero-order chi connectivity index (χ0) is 15.8. The number of aryl methyl sites for hydroxylation is 2. The molecule has 0 saturated carbocycles. The van der Waals surface area contributed by atoms with Gasteiger partial charge in [0.25, 0.3) is 0 Å². The topological polar surface area (TPSA) is 15.3 Å². The van der Waals surface area contributed by atoms with Gasteiger partial charge in [-0.15, -0.1) is 0 Å². The second kappa shape index (κ2) is 9.50. The Balaban J connectivity index is 2.65. The lowest BCUT2D eigenvalue weighted by atomic mass is 9.99. The largest absolute Gasteiger partial charge is 0.313 e. The first-order chi connectivity index (χ1) is 10.0. The van der Waals surface area contributed by atoms with Crippen LogP contribution in [0.3, 0.4) is 0 Å². The normalized spacial score (nSPS) is 14.4. The Morgan fingerprint density at radius 1 is 1.19 bits per heavy atom. The summed E-state index contributed by atoms with van der Waals surface area (Å²) >= 11 is 1.95. The number of rotatable bonds is 9. The lowest BCUT2D eigenvalue weighted by Gasteiger charge is -2.28. The van der Waals surface area contributed by atoms with Crippen LogP contribution in [0.5, 0.6) is 0 Å². The van der Waals surface area contributed by atoms with Gasteiger partial charge in [0.2, 0.25) is 0 Å². The number of benzene rings is 1. The van der Waals surface area contributed by atoms with E-state index in [1.165, 1.54) is 28.9 Å². The molecule has 1 aromatic rings. The van der Waals surface area contributed by atoms with Gasteiger partial charge in [-0.25, -0.2) is 0 Å². The third-order valence-electron chi connectivity index (χ3n) is 4.22. The SMILES string of the molecule is CCC(CSC)N(C)CCC(NC)c1cc(C)cc(C)c1. The predicted molar refractivity (Wildman–Crippen MR) is 97.4 cm³/mol. The van der Waals surface area contributed by atoms with Crippen LogP contribution in [0.25, 0.3) is 0 Å². The first-order valence-corrected chi connectivity index (χ1v) is 9.35. The molecule has 120 valence electrons. The number of hydrogen-bond acceptors (Lipinski definition) is 3. The summed E-state index contributed by atoms with van der Waals surface area (Å²) in [5, 5.41) is 3.49. The molecule has 0 bridgehead atoms. The molecule has 0 spiro atoms. The molecule has 0 aliphatic heterocycles. The summed E-state index contributed by atoms with van der Waals surface area (Å²) in [7, 11) is 4.33. The average Bonchev–Trinajstić information content (AvgIpc) is 2.44. The summed E-state index contributed by atoms with van der Waals surface area (Å²) < 4.78 is 0. The van der Waals surface area contributed by atoms with Gasteiger partial charge in [0.1, 0.15) is 0 Å². The van der Waals surface area contributed by atoms with Crippen LogP contribution in [0.4, 0.5) is 0 Å². The minimum Gasteiger partial charge on any atom is -0.313 e. The van der Waals surface area contributed by atoms with Crippen molar-refractivity contribution < 1.29 is 0 Å². The van der Waals surface area contributed by atoms with E-state index in [1.807, 2.05) is 11.8 Å². The van der Waals surface area contributed by atoms with Crippen LogP contribution in [-0.4, -0.2) is 43.6 Å². The number of hydrogen-bond donors (Lipinski definition) is 1. The summed E-state index contributed by atoms with van der Waals surface area (Å²) in [6.07, 6.45) is 4.58. The summed E-state index contributed by atoms with van der Waals surface area (Å²) in [5.41, 5.74) is 4.13. The van der Waals surface area contributed by atoms with E-state index in [2.05, 4.69) is 69.5 Å². The van der Waals surface area contributed by atoms with Crippen molar-refractivity contribution in [2.75, 3.05) is 32.6 Å². The maximum Gasteiger partial charge on any atom is 0.0329 e. The Labute approximate surface area is 135 Å². The van der Waals surface area contributed by atoms with Crippen molar-refractivity contribution in [3.63, 3.8) is 0 Å². The summed E-state index contributed by atoms with van der Waals surface area (Å²) in [6, 6.07) is 8.00. The van der Waals surface area contributed by atoms with Crippen molar-refractivity contribution in [2.24, 2.45) is 0 Å². The van der Waals surface area contributed by atoms with Crippen molar-refractivity contribution >= 4 is 11.8 Å². The van der Waals surface area contributed by atoms with E-state index >= 15 is 0 Å². The second-order valence-corrected chi connectivity index (χ2v) is 6.96. The Hall–Kier alpha value is -0.510. The van der Waals surface area contributed by atoms with Gasteiger partial charge in [0.05, 0.1) is 0 Å². The van der Waals surface area contributed by atoms with E-state index in [9.17, 15) is 0 Å². The minimum absolute atomic E-state index is 0.442. The number of nitrogens with one attached hydrogen (secondary N) is 1. The van der Waals surface area contributed by atoms with Crippen molar-refractivity contribution in [2.45, 2.75) is 45.7 Å². The van der Waals surface area contributed by atoms with Gasteiger partial charge < -0.3 is 10.2 Å². The Bertz CT molecular complexity index is 399. The second-order valence-electron chi connectivity index (χ2n) is 6.05. The molecule has 0 amide bonds. The molecule has 2 unspecified atom stereocenters. The maximum absolute atomic E-state index is 3.49. The van der Waals surface area contributed by atoms with Crippen LogP contribution in [0, 0.1) is 13.8 Å². The minimum atomic E-state index is 0.442. The van der Waals surface area contributed by atoms with Gasteiger partial charge >= 0.3 is 0 Å². The van der Waals surface area contributed by atoms with Crippen LogP contribution in [-0.2, 0) is 0 Å². The van der Waals surface area contributed by atoms with Crippen LogP contribution >= 0.6 is 11.8 Å². The molecule has 21 heavy (non-hydrogen) atoms. The molecule has 1 rings (SSSR count). The van der Waals surface area contributed by atoms with Crippen molar-refractivity contribution in [3.05, 3.63) is 34.9 Å². The molecule has 1 N–H and O–H groups in total. The third kappa shape index (κ3) is 6.01. The van der Waals surface area contributed by atoms with Gasteiger partial charge in [0.15, 0.2) is 0 Å². The van der Waals surface area contributed by atoms with Gasteiger partial charge in [-0.2, -0.15) is 11.8 Å². The van der Waals surface area contributed by atoms with Crippen molar-refractivity contribution in [1.29, 1.82) is 0 Å². The number of thioether (sulfide) groups is 1. The van der Waals surface area contributed by atoms with Crippen LogP contribution < -0.4 is 5.32 Å². The van der Waals surface area contributed by atoms with Gasteiger partial charge in [-0.3, -0.25) is 0 Å². The monoisotopic (exact) mass is 308 g/mol. The maximum atomic E-state index is 3.49. The summed E-state index contributed by atoms with van der Waals surface area (Å²) in [5.74, 6) is 1.22. The molecule has 3 heteroatoms. The molecule has 0 aromatic heterocycles. The van der Waals surface area contributed by atoms with Gasteiger partial charge in [-0.05, 0) is 59.1 Å². The molecule has 0 aliphatic carbocycles. The molecule has 2 atom stereocenters. The fourth-order valence-corrected chi connectivity index (χ4v) is 3.83. The van der Waals surface area contributed by atoms with E-state index in [0.717, 1.165) is 13.0 Å². The first kappa shape index (κ1) is 18.5. The highest BCUT2D eigenvalue weighted by molar-refractivity contribution is 7.98. The third-order valence-corrected chi connectivity index (χ3v) is 4.94. The fourth-order valence-electron chi connectivity index (χ4n) is 2.95. The van der Waals surface area contributed by atoms with Crippen molar-refractivity contribution in [3.8, 4) is 0 Å². The number of nitrogens with zero attached hydrogens (tertiary/aromatic N) is 1. The highest BCUT2D eigenvalue weighted by Gasteiger charge is 2.15. The van der Waals surface area contributed by atoms with Crippen LogP contribution in [0.15, 0.2) is 18.2 Å². The molecular formula is C18H32N2S. The molecule has 0 radical (unpaired) electrons. The van der Waals surface area contributed by atoms with Gasteiger partial charge in [-0.1, -0.05) is 36.2 Å². The standard InChI is InChI=1S/C18H32N2S/c1-7-17(13-21-6)20(5)9-8-18(19-4)16-11-14(2)10-15(3)12-16/h10-12,17-19H,7-9,13H2,1-6H3. The van der Waals surface area contributed by atoms with E-state index in [1.54, 1.807) is 0 Å². The lowest BCUT2D eigenvalue weighted by Crippen LogP contribution is -2.35. The molecule has 0 aliphatic rings. The highest BCUT2D eigenvalue weighted by Crippen LogP contribution is 2.21. The Kier molecular flexibility index (Phi) is 8.38. The zero-order valence-electron chi connectivity index (χ0n) is 14.6. The zero-order valence-corrected chi connectivity index (χ0v) is 15.4. The van der Waals surface area contributed by atoms with Crippen LogP contribution in [0.1, 0.15) is 42.5 Å². The Morgan fingerprint density at radius 3 is 2.29 bits per heavy atom. The van der Waals surface area contributed by atoms with Gasteiger partial charge in [0, 0.05) is 17.8 Å². The molecule has 2 nitrogen and oxygen atoms in total. The molecule has 0 heterocycles. The smallest absolute Gasteiger partial charge is 0.0329 e. The summed E-state index contributed by atoms with van der Waals surface area (Å²) in [4.78, 5) is 2.52. The molecular weight excluding hydrogens is 276 g/mol. The quantitative estimate of drug-likeness (QED) is 0.741. The predicted octanol–water partition coefficient (Wildman–Crippen LogP) is 4.03. The fraction of sp³-hybridized carbons (Fsp3) is 0.667. The first-order valence-electron chi connectivity index (χ1n) is 7.96. The van der Waals surface area contributed by atoms with Crippen LogP contribution in [0.2, 0.25) is 0 Å². The summed E-state index contributed by atoms with van der Waals surface area (Å²) in [6.45, 7) is 7.79. The van der Waals surface area contributed by atoms with E-state index in [-0.39, 0.29) is 0 Å². The highest BCUT2D eigenvalue weighted by atomic mass is 32.2. The molecule has 1 aromatic carbocycles. The lowest BCUT2D eigenvalue weighted by molar-refractivity contribution is 0.242. The molecule has 0 fully saturated rings. The van der Waals surface area contributed by atoms with E-state index in [0.29, 0.717) is 12.1 Å². The molecule has 0 saturated heterocycles. The van der Waals surface area contributed by atoms with E-state index in [4.69, 9.17) is 0 Å². The Morgan fingerprint density at radius 2 is 1.81 bits per heavy atom. The van der Waals surface area contributed by atoms with Crippen molar-refractivity contribution in [1.82, 2.24) is 10.2 Å². The van der Waals surface area contributed by atoms with E-state index < -0.39 is 0 Å².